The van der Waals surface area contributed by atoms with Gasteiger partial charge in [-0.25, -0.2) is 0 Å². The van der Waals surface area contributed by atoms with Gasteiger partial charge in [0.15, 0.2) is 5.65 Å². The zero-order valence-corrected chi connectivity index (χ0v) is 15.2. The number of carbonyl (C=O) groups is 1. The number of halogens is 1. The predicted molar refractivity (Wildman–Crippen MR) is 102 cm³/mol. The van der Waals surface area contributed by atoms with Crippen LogP contribution in [0.5, 0.6) is 0 Å². The van der Waals surface area contributed by atoms with E-state index in [1.54, 1.807) is 17.1 Å². The number of hydrogen-bond donors (Lipinski definition) is 1. The van der Waals surface area contributed by atoms with Crippen LogP contribution in [0.2, 0.25) is 5.02 Å². The summed E-state index contributed by atoms with van der Waals surface area (Å²) in [4.78, 5) is 12.3. The summed E-state index contributed by atoms with van der Waals surface area (Å²) >= 11 is 6.17. The van der Waals surface area contributed by atoms with Crippen molar-refractivity contribution in [2.75, 3.05) is 6.54 Å². The normalized spacial score (nSPS) is 11.0. The van der Waals surface area contributed by atoms with Crippen molar-refractivity contribution in [1.29, 1.82) is 0 Å². The minimum atomic E-state index is -0.172. The fraction of sp³-hybridized carbons (Fsp3) is 0.158. The van der Waals surface area contributed by atoms with Crippen molar-refractivity contribution in [1.82, 2.24) is 29.7 Å². The van der Waals surface area contributed by atoms with Crippen LogP contribution in [0.4, 0.5) is 0 Å². The standard InChI is InChI=1S/C19H17ClN6O/c20-16-6-2-1-5-14(16)12-25-13-15(11-22-25)19(27)21-9-8-18-24-23-17-7-3-4-10-26(17)18/h1-7,10-11,13H,8-9,12H2,(H,21,27). The summed E-state index contributed by atoms with van der Waals surface area (Å²) in [5, 5.41) is 16.1. The molecule has 0 saturated carbocycles. The molecule has 0 unspecified atom stereocenters. The average molecular weight is 381 g/mol. The van der Waals surface area contributed by atoms with Crippen LogP contribution < -0.4 is 5.32 Å². The van der Waals surface area contributed by atoms with Gasteiger partial charge < -0.3 is 5.32 Å². The molecule has 8 heteroatoms. The van der Waals surface area contributed by atoms with Gasteiger partial charge in [-0.05, 0) is 23.8 Å². The van der Waals surface area contributed by atoms with Crippen molar-refractivity contribution in [3.05, 3.63) is 83.0 Å². The van der Waals surface area contributed by atoms with Crippen molar-refractivity contribution in [2.45, 2.75) is 13.0 Å². The van der Waals surface area contributed by atoms with Gasteiger partial charge >= 0.3 is 0 Å². The topological polar surface area (TPSA) is 77.1 Å². The van der Waals surface area contributed by atoms with Gasteiger partial charge in [-0.15, -0.1) is 10.2 Å². The lowest BCUT2D eigenvalue weighted by atomic mass is 10.2. The molecule has 27 heavy (non-hydrogen) atoms. The summed E-state index contributed by atoms with van der Waals surface area (Å²) in [5.74, 6) is 0.634. The number of amides is 1. The maximum atomic E-state index is 12.3. The van der Waals surface area contributed by atoms with Gasteiger partial charge in [-0.1, -0.05) is 35.9 Å². The number of carbonyl (C=O) groups excluding carboxylic acids is 1. The van der Waals surface area contributed by atoms with Gasteiger partial charge in [0.25, 0.3) is 5.91 Å². The van der Waals surface area contributed by atoms with Gasteiger partial charge in [0.2, 0.25) is 0 Å². The molecule has 0 atom stereocenters. The summed E-state index contributed by atoms with van der Waals surface area (Å²) in [5.41, 5.74) is 2.25. The molecular weight excluding hydrogens is 364 g/mol. The first-order valence-corrected chi connectivity index (χ1v) is 8.91. The zero-order chi connectivity index (χ0) is 18.6. The Morgan fingerprint density at radius 3 is 2.85 bits per heavy atom. The molecule has 3 heterocycles. The third-order valence-electron chi connectivity index (χ3n) is 4.20. The lowest BCUT2D eigenvalue weighted by molar-refractivity contribution is 0.0954. The summed E-state index contributed by atoms with van der Waals surface area (Å²) in [6.45, 7) is 0.975. The highest BCUT2D eigenvalue weighted by Gasteiger charge is 2.10. The Hall–Kier alpha value is -3.19. The van der Waals surface area contributed by atoms with Gasteiger partial charge in [-0.2, -0.15) is 5.10 Å². The van der Waals surface area contributed by atoms with Crippen LogP contribution >= 0.6 is 11.6 Å². The molecule has 0 aliphatic carbocycles. The number of nitrogens with zero attached hydrogens (tertiary/aromatic N) is 5. The molecule has 1 amide bonds. The van der Waals surface area contributed by atoms with Crippen LogP contribution in [0.3, 0.4) is 0 Å². The molecule has 1 aromatic carbocycles. The Morgan fingerprint density at radius 1 is 1.11 bits per heavy atom. The largest absolute Gasteiger partial charge is 0.351 e. The highest BCUT2D eigenvalue weighted by molar-refractivity contribution is 6.31. The van der Waals surface area contributed by atoms with E-state index in [1.165, 1.54) is 0 Å². The molecule has 136 valence electrons. The van der Waals surface area contributed by atoms with Crippen LogP contribution in [0.15, 0.2) is 61.1 Å². The number of pyridine rings is 1. The molecule has 1 N–H and O–H groups in total. The molecule has 0 bridgehead atoms. The first-order valence-electron chi connectivity index (χ1n) is 8.53. The number of rotatable bonds is 6. The third kappa shape index (κ3) is 3.83. The van der Waals surface area contributed by atoms with E-state index in [1.807, 2.05) is 53.1 Å². The fourth-order valence-corrected chi connectivity index (χ4v) is 3.02. The highest BCUT2D eigenvalue weighted by atomic mass is 35.5. The van der Waals surface area contributed by atoms with Gasteiger partial charge in [-0.3, -0.25) is 13.9 Å². The summed E-state index contributed by atoms with van der Waals surface area (Å²) in [6, 6.07) is 13.3. The van der Waals surface area contributed by atoms with Gasteiger partial charge in [0.1, 0.15) is 5.82 Å². The second-order valence-corrected chi connectivity index (χ2v) is 6.48. The minimum absolute atomic E-state index is 0.172. The maximum Gasteiger partial charge on any atom is 0.254 e. The van der Waals surface area contributed by atoms with E-state index < -0.39 is 0 Å². The van der Waals surface area contributed by atoms with E-state index >= 15 is 0 Å². The zero-order valence-electron chi connectivity index (χ0n) is 14.4. The highest BCUT2D eigenvalue weighted by Crippen LogP contribution is 2.16. The van der Waals surface area contributed by atoms with E-state index in [0.717, 1.165) is 17.0 Å². The first kappa shape index (κ1) is 17.2. The van der Waals surface area contributed by atoms with Crippen molar-refractivity contribution in [3.8, 4) is 0 Å². The lowest BCUT2D eigenvalue weighted by Gasteiger charge is -2.04. The Labute approximate surface area is 160 Å². The lowest BCUT2D eigenvalue weighted by Crippen LogP contribution is -2.25. The van der Waals surface area contributed by atoms with Crippen LogP contribution in [0.25, 0.3) is 5.65 Å². The monoisotopic (exact) mass is 380 g/mol. The maximum absolute atomic E-state index is 12.3. The smallest absolute Gasteiger partial charge is 0.254 e. The minimum Gasteiger partial charge on any atom is -0.351 e. The third-order valence-corrected chi connectivity index (χ3v) is 4.57. The second-order valence-electron chi connectivity index (χ2n) is 6.07. The molecule has 3 aromatic heterocycles. The summed E-state index contributed by atoms with van der Waals surface area (Å²) in [6.07, 6.45) is 5.76. The predicted octanol–water partition coefficient (Wildman–Crippen LogP) is 2.60. The molecule has 0 spiro atoms. The molecule has 7 nitrogen and oxygen atoms in total. The number of nitrogens with one attached hydrogen (secondary N) is 1. The van der Waals surface area contributed by atoms with E-state index in [0.29, 0.717) is 30.1 Å². The SMILES string of the molecule is O=C(NCCc1nnc2ccccn12)c1cnn(Cc2ccccc2Cl)c1. The number of aromatic nitrogens is 5. The van der Waals surface area contributed by atoms with Gasteiger partial charge in [0, 0.05) is 30.4 Å². The molecule has 0 radical (unpaired) electrons. The molecule has 0 saturated heterocycles. The first-order chi connectivity index (χ1) is 13.2. The van der Waals surface area contributed by atoms with Crippen molar-refractivity contribution < 1.29 is 4.79 Å². The molecule has 4 rings (SSSR count). The number of hydrogen-bond acceptors (Lipinski definition) is 4. The Kier molecular flexibility index (Phi) is 4.84. The average Bonchev–Trinajstić information content (AvgIpc) is 3.31. The van der Waals surface area contributed by atoms with Crippen molar-refractivity contribution in [3.63, 3.8) is 0 Å². The quantitative estimate of drug-likeness (QED) is 0.557. The summed E-state index contributed by atoms with van der Waals surface area (Å²) in [7, 11) is 0. The van der Waals surface area contributed by atoms with Gasteiger partial charge in [0.05, 0.1) is 18.3 Å². The molecule has 0 aliphatic heterocycles. The van der Waals surface area contributed by atoms with E-state index in [4.69, 9.17) is 11.6 Å². The molecule has 4 aromatic rings. The van der Waals surface area contributed by atoms with Crippen LogP contribution in [0, 0.1) is 0 Å². The van der Waals surface area contributed by atoms with Crippen LogP contribution in [-0.2, 0) is 13.0 Å². The molecular formula is C19H17ClN6O. The van der Waals surface area contributed by atoms with Crippen molar-refractivity contribution >= 4 is 23.2 Å². The van der Waals surface area contributed by atoms with E-state index in [9.17, 15) is 4.79 Å². The Balaban J connectivity index is 1.35. The van der Waals surface area contributed by atoms with E-state index in [-0.39, 0.29) is 5.91 Å². The van der Waals surface area contributed by atoms with Crippen LogP contribution in [-0.4, -0.2) is 36.8 Å². The number of fused-ring (bicyclic) bond motifs is 1. The number of benzene rings is 1. The van der Waals surface area contributed by atoms with Crippen molar-refractivity contribution in [2.24, 2.45) is 0 Å². The van der Waals surface area contributed by atoms with Crippen LogP contribution in [0.1, 0.15) is 21.7 Å². The molecule has 0 aliphatic rings. The van der Waals surface area contributed by atoms with E-state index in [2.05, 4.69) is 20.6 Å². The Morgan fingerprint density at radius 2 is 1.96 bits per heavy atom. The fourth-order valence-electron chi connectivity index (χ4n) is 2.82. The summed E-state index contributed by atoms with van der Waals surface area (Å²) < 4.78 is 3.61. The molecule has 0 fully saturated rings. The Bertz CT molecular complexity index is 1090. The second kappa shape index (κ2) is 7.59.